The molecule has 0 aliphatic rings. The summed E-state index contributed by atoms with van der Waals surface area (Å²) in [5, 5.41) is 5.87. The van der Waals surface area contributed by atoms with Gasteiger partial charge in [0.2, 0.25) is 5.91 Å². The molecule has 0 aliphatic heterocycles. The van der Waals surface area contributed by atoms with E-state index in [1.807, 2.05) is 30.3 Å². The Kier molecular flexibility index (Phi) is 18.7. The molecule has 1 atom stereocenters. The smallest absolute Gasteiger partial charge is 0.408 e. The molecule has 1 aromatic carbocycles. The van der Waals surface area contributed by atoms with Crippen LogP contribution < -0.4 is 16.4 Å². The molecule has 0 radical (unpaired) electrons. The van der Waals surface area contributed by atoms with Crippen LogP contribution in [0.1, 0.15) is 109 Å². The van der Waals surface area contributed by atoms with Gasteiger partial charge in [-0.3, -0.25) is 4.79 Å². The summed E-state index contributed by atoms with van der Waals surface area (Å²) in [6, 6.07) is 8.65. The van der Waals surface area contributed by atoms with Crippen molar-refractivity contribution in [3.8, 4) is 0 Å². The number of alkyl carbamates (subject to hydrolysis) is 1. The average Bonchev–Trinajstić information content (AvgIpc) is 2.85. The lowest BCUT2D eigenvalue weighted by molar-refractivity contribution is -0.120. The van der Waals surface area contributed by atoms with Crippen molar-refractivity contribution in [2.24, 2.45) is 5.73 Å². The third-order valence-corrected chi connectivity index (χ3v) is 6.45. The zero-order chi connectivity index (χ0) is 25.6. The lowest BCUT2D eigenvalue weighted by Gasteiger charge is -2.15. The highest BCUT2D eigenvalue weighted by Crippen LogP contribution is 2.12. The monoisotopic (exact) mass is 505 g/mol. The van der Waals surface area contributed by atoms with Gasteiger partial charge in [-0.2, -0.15) is 0 Å². The fourth-order valence-corrected chi connectivity index (χ4v) is 4.18. The van der Waals surface area contributed by atoms with Crippen molar-refractivity contribution in [2.75, 3.05) is 6.54 Å². The van der Waals surface area contributed by atoms with Crippen molar-refractivity contribution in [1.82, 2.24) is 10.6 Å². The number of carbonyl (C=O) groups excluding carboxylic acids is 2. The van der Waals surface area contributed by atoms with E-state index in [0.29, 0.717) is 6.42 Å². The second kappa shape index (κ2) is 21.2. The maximum Gasteiger partial charge on any atom is 0.408 e. The first kappa shape index (κ1) is 30.9. The molecule has 1 aromatic rings. The van der Waals surface area contributed by atoms with Gasteiger partial charge in [0, 0.05) is 6.54 Å². The molecule has 0 aromatic heterocycles. The van der Waals surface area contributed by atoms with Crippen LogP contribution in [0, 0.1) is 0 Å². The minimum atomic E-state index is -0.735. The molecule has 0 spiro atoms. The SMILES string of the molecule is CCCCCCCCCCCCCC(=S)NCCCC[C@H](NC(=O)OCc1ccccc1)C(N)=O. The van der Waals surface area contributed by atoms with Crippen LogP contribution in [0.15, 0.2) is 30.3 Å². The quantitative estimate of drug-likeness (QED) is 0.130. The Hall–Kier alpha value is -2.15. The molecule has 7 heteroatoms. The number of hydrogen-bond donors (Lipinski definition) is 3. The van der Waals surface area contributed by atoms with E-state index >= 15 is 0 Å². The van der Waals surface area contributed by atoms with Gasteiger partial charge in [0.25, 0.3) is 0 Å². The predicted octanol–water partition coefficient (Wildman–Crippen LogP) is 6.56. The highest BCUT2D eigenvalue weighted by Gasteiger charge is 2.18. The summed E-state index contributed by atoms with van der Waals surface area (Å²) in [6.07, 6.45) is 17.0. The summed E-state index contributed by atoms with van der Waals surface area (Å²) in [5.74, 6) is -0.554. The van der Waals surface area contributed by atoms with E-state index in [-0.39, 0.29) is 6.61 Å². The summed E-state index contributed by atoms with van der Waals surface area (Å²) in [7, 11) is 0. The Morgan fingerprint density at radius 3 is 2.09 bits per heavy atom. The highest BCUT2D eigenvalue weighted by atomic mass is 32.1. The lowest BCUT2D eigenvalue weighted by Crippen LogP contribution is -2.44. The van der Waals surface area contributed by atoms with Crippen molar-refractivity contribution in [1.29, 1.82) is 0 Å². The zero-order valence-corrected chi connectivity index (χ0v) is 22.5. The van der Waals surface area contributed by atoms with E-state index in [2.05, 4.69) is 17.6 Å². The first-order valence-electron chi connectivity index (χ1n) is 13.6. The van der Waals surface area contributed by atoms with Crippen LogP contribution in [0.2, 0.25) is 0 Å². The number of ether oxygens (including phenoxy) is 1. The molecule has 0 heterocycles. The fraction of sp³-hybridized carbons (Fsp3) is 0.679. The van der Waals surface area contributed by atoms with Crippen LogP contribution in [0.3, 0.4) is 0 Å². The molecule has 4 N–H and O–H groups in total. The molecule has 0 fully saturated rings. The molecular weight excluding hydrogens is 458 g/mol. The van der Waals surface area contributed by atoms with Crippen molar-refractivity contribution >= 4 is 29.2 Å². The number of amides is 2. The van der Waals surface area contributed by atoms with Crippen molar-refractivity contribution in [2.45, 2.75) is 116 Å². The molecule has 0 saturated carbocycles. The zero-order valence-electron chi connectivity index (χ0n) is 21.7. The summed E-state index contributed by atoms with van der Waals surface area (Å²) >= 11 is 5.43. The highest BCUT2D eigenvalue weighted by molar-refractivity contribution is 7.80. The first-order valence-corrected chi connectivity index (χ1v) is 14.0. The third-order valence-electron chi connectivity index (χ3n) is 6.10. The topological polar surface area (TPSA) is 93.4 Å². The van der Waals surface area contributed by atoms with Gasteiger partial charge >= 0.3 is 6.09 Å². The van der Waals surface area contributed by atoms with E-state index < -0.39 is 18.0 Å². The Balaban J connectivity index is 2.00. The summed E-state index contributed by atoms with van der Waals surface area (Å²) in [5.41, 5.74) is 6.32. The molecule has 1 rings (SSSR count). The largest absolute Gasteiger partial charge is 0.445 e. The second-order valence-electron chi connectivity index (χ2n) is 9.29. The number of benzene rings is 1. The van der Waals surface area contributed by atoms with Crippen LogP contribution in [0.4, 0.5) is 4.79 Å². The fourth-order valence-electron chi connectivity index (χ4n) is 3.93. The van der Waals surface area contributed by atoms with E-state index in [9.17, 15) is 9.59 Å². The normalized spacial score (nSPS) is 11.6. The number of hydrogen-bond acceptors (Lipinski definition) is 4. The van der Waals surface area contributed by atoms with Crippen LogP contribution in [-0.4, -0.2) is 29.6 Å². The molecular formula is C28H47N3O3S. The van der Waals surface area contributed by atoms with Crippen LogP contribution >= 0.6 is 12.2 Å². The number of nitrogens with two attached hydrogens (primary N) is 1. The molecule has 198 valence electrons. The van der Waals surface area contributed by atoms with Gasteiger partial charge in [0.05, 0.1) is 4.99 Å². The molecule has 6 nitrogen and oxygen atoms in total. The van der Waals surface area contributed by atoms with Gasteiger partial charge in [0.15, 0.2) is 0 Å². The van der Waals surface area contributed by atoms with Crippen molar-refractivity contribution < 1.29 is 14.3 Å². The molecule has 35 heavy (non-hydrogen) atoms. The average molecular weight is 506 g/mol. The number of nitrogens with one attached hydrogen (secondary N) is 2. The van der Waals surface area contributed by atoms with Crippen LogP contribution in [-0.2, 0) is 16.1 Å². The third kappa shape index (κ3) is 17.9. The van der Waals surface area contributed by atoms with E-state index in [1.54, 1.807) is 0 Å². The number of primary amides is 1. The molecule has 2 amide bonds. The summed E-state index contributed by atoms with van der Waals surface area (Å²) in [4.78, 5) is 24.6. The first-order chi connectivity index (χ1) is 17.0. The standard InChI is InChI=1S/C28H47N3O3S/c1-2-3-4-5-6-7-8-9-10-11-15-21-26(35)30-22-17-16-20-25(27(29)32)31-28(33)34-23-24-18-13-12-14-19-24/h12-14,18-19,25H,2-11,15-17,20-23H2,1H3,(H2,29,32)(H,30,35)(H,31,33)/t25-/m0/s1. The Bertz CT molecular complexity index is 700. The number of unbranched alkanes of at least 4 members (excludes halogenated alkanes) is 11. The maximum atomic E-state index is 12.0. The van der Waals surface area contributed by atoms with Gasteiger partial charge < -0.3 is 21.1 Å². The molecule has 0 unspecified atom stereocenters. The van der Waals surface area contributed by atoms with Gasteiger partial charge in [0.1, 0.15) is 12.6 Å². The van der Waals surface area contributed by atoms with Gasteiger partial charge in [-0.1, -0.05) is 114 Å². The number of thiocarbonyl (C=S) groups is 1. The van der Waals surface area contributed by atoms with E-state index in [1.165, 1.54) is 64.2 Å². The van der Waals surface area contributed by atoms with Crippen molar-refractivity contribution in [3.05, 3.63) is 35.9 Å². The lowest BCUT2D eigenvalue weighted by atomic mass is 10.1. The summed E-state index contributed by atoms with van der Waals surface area (Å²) in [6.45, 7) is 3.18. The number of rotatable bonds is 21. The van der Waals surface area contributed by atoms with Gasteiger partial charge in [-0.15, -0.1) is 0 Å². The predicted molar refractivity (Wildman–Crippen MR) is 148 cm³/mol. The Morgan fingerprint density at radius 1 is 0.886 bits per heavy atom. The second-order valence-corrected chi connectivity index (χ2v) is 9.79. The molecule has 0 bridgehead atoms. The Labute approximate surface area is 218 Å². The molecule has 0 saturated heterocycles. The van der Waals surface area contributed by atoms with E-state index in [0.717, 1.165) is 42.8 Å². The van der Waals surface area contributed by atoms with Crippen molar-refractivity contribution in [3.63, 3.8) is 0 Å². The van der Waals surface area contributed by atoms with Crippen LogP contribution in [0.25, 0.3) is 0 Å². The Morgan fingerprint density at radius 2 is 1.49 bits per heavy atom. The van der Waals surface area contributed by atoms with Gasteiger partial charge in [-0.05, 0) is 37.7 Å². The summed E-state index contributed by atoms with van der Waals surface area (Å²) < 4.78 is 5.17. The van der Waals surface area contributed by atoms with E-state index in [4.69, 9.17) is 22.7 Å². The minimum absolute atomic E-state index is 0.151. The van der Waals surface area contributed by atoms with Gasteiger partial charge in [-0.25, -0.2) is 4.79 Å². The maximum absolute atomic E-state index is 12.0. The number of carbonyl (C=O) groups is 2. The molecule has 0 aliphatic carbocycles. The van der Waals surface area contributed by atoms with Crippen LogP contribution in [0.5, 0.6) is 0 Å². The minimum Gasteiger partial charge on any atom is -0.445 e.